The monoisotopic (exact) mass is 219 g/mol. The molecule has 1 aromatic rings. The highest BCUT2D eigenvalue weighted by Crippen LogP contribution is 2.29. The first-order valence-electron chi connectivity index (χ1n) is 6.14. The molecule has 88 valence electrons. The molecule has 1 saturated carbocycles. The molecule has 2 rings (SSSR count). The number of nitrogens with zero attached hydrogens (tertiary/aromatic N) is 2. The van der Waals surface area contributed by atoms with Crippen molar-refractivity contribution in [2.45, 2.75) is 38.6 Å². The van der Waals surface area contributed by atoms with Crippen LogP contribution in [-0.4, -0.2) is 18.1 Å². The summed E-state index contributed by atoms with van der Waals surface area (Å²) in [5.74, 6) is 2.36. The highest BCUT2D eigenvalue weighted by atomic mass is 15.2. The van der Waals surface area contributed by atoms with E-state index in [1.165, 1.54) is 25.7 Å². The van der Waals surface area contributed by atoms with Crippen LogP contribution in [0.4, 0.5) is 11.6 Å². The summed E-state index contributed by atoms with van der Waals surface area (Å²) in [4.78, 5) is 6.68. The first-order chi connectivity index (χ1) is 7.68. The molecule has 0 radical (unpaired) electrons. The van der Waals surface area contributed by atoms with E-state index in [0.29, 0.717) is 11.9 Å². The van der Waals surface area contributed by atoms with Gasteiger partial charge < -0.3 is 10.6 Å². The van der Waals surface area contributed by atoms with Crippen LogP contribution in [0.15, 0.2) is 18.2 Å². The number of aromatic nitrogens is 1. The lowest BCUT2D eigenvalue weighted by molar-refractivity contribution is 0.320. The third-order valence-electron chi connectivity index (χ3n) is 3.68. The zero-order chi connectivity index (χ0) is 11.5. The number of rotatable bonds is 2. The molecule has 1 aliphatic carbocycles. The van der Waals surface area contributed by atoms with Crippen LogP contribution in [0.1, 0.15) is 32.6 Å². The van der Waals surface area contributed by atoms with E-state index in [-0.39, 0.29) is 0 Å². The first kappa shape index (κ1) is 11.2. The lowest BCUT2D eigenvalue weighted by Gasteiger charge is -2.37. The van der Waals surface area contributed by atoms with Gasteiger partial charge in [0, 0.05) is 13.1 Å². The van der Waals surface area contributed by atoms with Crippen molar-refractivity contribution in [2.24, 2.45) is 5.92 Å². The molecule has 1 heterocycles. The maximum absolute atomic E-state index is 5.72. The van der Waals surface area contributed by atoms with Crippen LogP contribution >= 0.6 is 0 Å². The number of nitrogens with two attached hydrogens (primary N) is 1. The van der Waals surface area contributed by atoms with Gasteiger partial charge in [-0.2, -0.15) is 0 Å². The molecule has 2 N–H and O–H groups in total. The quantitative estimate of drug-likeness (QED) is 0.831. The maximum atomic E-state index is 5.72. The fraction of sp³-hybridized carbons (Fsp3) is 0.615. The van der Waals surface area contributed by atoms with E-state index in [1.807, 2.05) is 18.2 Å². The molecule has 0 bridgehead atoms. The molecule has 1 fully saturated rings. The van der Waals surface area contributed by atoms with Crippen molar-refractivity contribution in [3.63, 3.8) is 0 Å². The lowest BCUT2D eigenvalue weighted by atomic mass is 9.85. The number of hydrogen-bond donors (Lipinski definition) is 1. The molecule has 1 aromatic heterocycles. The molecule has 0 aromatic carbocycles. The lowest BCUT2D eigenvalue weighted by Crippen LogP contribution is -2.39. The third kappa shape index (κ3) is 2.29. The van der Waals surface area contributed by atoms with Crippen molar-refractivity contribution in [3.05, 3.63) is 18.2 Å². The summed E-state index contributed by atoms with van der Waals surface area (Å²) in [6.45, 7) is 2.34. The van der Waals surface area contributed by atoms with E-state index >= 15 is 0 Å². The van der Waals surface area contributed by atoms with Crippen molar-refractivity contribution in [1.29, 1.82) is 0 Å². The predicted molar refractivity (Wildman–Crippen MR) is 68.5 cm³/mol. The van der Waals surface area contributed by atoms with Crippen molar-refractivity contribution in [3.8, 4) is 0 Å². The van der Waals surface area contributed by atoms with Crippen molar-refractivity contribution < 1.29 is 0 Å². The summed E-state index contributed by atoms with van der Waals surface area (Å²) in [5, 5.41) is 0. The Bertz CT molecular complexity index is 351. The van der Waals surface area contributed by atoms with Gasteiger partial charge in [-0.3, -0.25) is 0 Å². The Kier molecular flexibility index (Phi) is 3.32. The van der Waals surface area contributed by atoms with Gasteiger partial charge in [-0.05, 0) is 30.9 Å². The molecule has 2 atom stereocenters. The Balaban J connectivity index is 2.14. The number of anilines is 2. The molecule has 0 amide bonds. The first-order valence-corrected chi connectivity index (χ1v) is 6.14. The Morgan fingerprint density at radius 1 is 1.31 bits per heavy atom. The molecular weight excluding hydrogens is 198 g/mol. The Morgan fingerprint density at radius 3 is 2.75 bits per heavy atom. The minimum absolute atomic E-state index is 0.604. The van der Waals surface area contributed by atoms with Gasteiger partial charge in [-0.25, -0.2) is 4.98 Å². The fourth-order valence-corrected chi connectivity index (χ4v) is 2.68. The zero-order valence-electron chi connectivity index (χ0n) is 10.2. The highest BCUT2D eigenvalue weighted by Gasteiger charge is 2.25. The van der Waals surface area contributed by atoms with Gasteiger partial charge in [0.15, 0.2) is 0 Å². The molecule has 2 unspecified atom stereocenters. The Hall–Kier alpha value is -1.25. The van der Waals surface area contributed by atoms with Crippen LogP contribution < -0.4 is 10.6 Å². The summed E-state index contributed by atoms with van der Waals surface area (Å²) in [7, 11) is 2.13. The minimum Gasteiger partial charge on any atom is -0.384 e. The van der Waals surface area contributed by atoms with E-state index in [2.05, 4.69) is 23.9 Å². The number of hydrogen-bond acceptors (Lipinski definition) is 3. The Morgan fingerprint density at radius 2 is 2.06 bits per heavy atom. The standard InChI is InChI=1S/C13H21N3/c1-10-6-3-4-7-11(10)16(2)13-9-5-8-12(14)15-13/h5,8-11H,3-4,6-7H2,1-2H3,(H2,14,15). The molecular formula is C13H21N3. The minimum atomic E-state index is 0.604. The van der Waals surface area contributed by atoms with Crippen LogP contribution in [0.25, 0.3) is 0 Å². The molecule has 16 heavy (non-hydrogen) atoms. The van der Waals surface area contributed by atoms with Crippen molar-refractivity contribution in [1.82, 2.24) is 4.98 Å². The van der Waals surface area contributed by atoms with Crippen molar-refractivity contribution in [2.75, 3.05) is 17.7 Å². The molecule has 0 spiro atoms. The fourth-order valence-electron chi connectivity index (χ4n) is 2.68. The Labute approximate surface area is 97.7 Å². The second-order valence-electron chi connectivity index (χ2n) is 4.86. The highest BCUT2D eigenvalue weighted by molar-refractivity contribution is 5.45. The van der Waals surface area contributed by atoms with Gasteiger partial charge in [0.2, 0.25) is 0 Å². The molecule has 0 saturated heterocycles. The van der Waals surface area contributed by atoms with Crippen LogP contribution in [-0.2, 0) is 0 Å². The van der Waals surface area contributed by atoms with Gasteiger partial charge >= 0.3 is 0 Å². The second-order valence-corrected chi connectivity index (χ2v) is 4.86. The van der Waals surface area contributed by atoms with Gasteiger partial charge in [-0.15, -0.1) is 0 Å². The average Bonchev–Trinajstić information content (AvgIpc) is 2.29. The predicted octanol–water partition coefficient (Wildman–Crippen LogP) is 2.68. The van der Waals surface area contributed by atoms with E-state index in [9.17, 15) is 0 Å². The second kappa shape index (κ2) is 4.73. The van der Waals surface area contributed by atoms with Gasteiger partial charge in [0.25, 0.3) is 0 Å². The molecule has 0 aliphatic heterocycles. The van der Waals surface area contributed by atoms with Gasteiger partial charge in [0.05, 0.1) is 0 Å². The summed E-state index contributed by atoms with van der Waals surface area (Å²) in [6.07, 6.45) is 5.31. The summed E-state index contributed by atoms with van der Waals surface area (Å²) >= 11 is 0. The van der Waals surface area contributed by atoms with E-state index in [4.69, 9.17) is 5.73 Å². The number of pyridine rings is 1. The van der Waals surface area contributed by atoms with Crippen LogP contribution in [0.3, 0.4) is 0 Å². The smallest absolute Gasteiger partial charge is 0.130 e. The maximum Gasteiger partial charge on any atom is 0.130 e. The largest absolute Gasteiger partial charge is 0.384 e. The van der Waals surface area contributed by atoms with Gasteiger partial charge in [-0.1, -0.05) is 25.8 Å². The summed E-state index contributed by atoms with van der Waals surface area (Å²) in [5.41, 5.74) is 5.72. The molecule has 3 nitrogen and oxygen atoms in total. The normalized spacial score (nSPS) is 25.4. The van der Waals surface area contributed by atoms with Crippen LogP contribution in [0.5, 0.6) is 0 Å². The van der Waals surface area contributed by atoms with Crippen LogP contribution in [0, 0.1) is 5.92 Å². The molecule has 3 heteroatoms. The topological polar surface area (TPSA) is 42.1 Å². The van der Waals surface area contributed by atoms with Crippen molar-refractivity contribution >= 4 is 11.6 Å². The summed E-state index contributed by atoms with van der Waals surface area (Å²) in [6, 6.07) is 6.46. The van der Waals surface area contributed by atoms with Gasteiger partial charge in [0.1, 0.15) is 11.6 Å². The van der Waals surface area contributed by atoms with E-state index < -0.39 is 0 Å². The zero-order valence-corrected chi connectivity index (χ0v) is 10.2. The third-order valence-corrected chi connectivity index (χ3v) is 3.68. The van der Waals surface area contributed by atoms with E-state index in [1.54, 1.807) is 0 Å². The number of nitrogen functional groups attached to an aromatic ring is 1. The van der Waals surface area contributed by atoms with E-state index in [0.717, 1.165) is 11.7 Å². The van der Waals surface area contributed by atoms with Crippen LogP contribution in [0.2, 0.25) is 0 Å². The SMILES string of the molecule is CC1CCCCC1N(C)c1cccc(N)n1. The summed E-state index contributed by atoms with van der Waals surface area (Å²) < 4.78 is 0. The average molecular weight is 219 g/mol. The molecule has 1 aliphatic rings.